The number of nitrogens with one attached hydrogen (secondary N) is 1. The van der Waals surface area contributed by atoms with Gasteiger partial charge in [0.25, 0.3) is 5.69 Å². The van der Waals surface area contributed by atoms with Gasteiger partial charge in [-0.25, -0.2) is 4.39 Å². The standard InChI is InChI=1S/C12H7Cl2FN2O2/c13-11-2-1-8(6-12(11)14)16-9-3-7(15)4-10(5-9)17(18)19/h1-6,16H. The molecule has 7 heteroatoms. The fourth-order valence-electron chi connectivity index (χ4n) is 1.49. The Hall–Kier alpha value is -1.85. The van der Waals surface area contributed by atoms with Crippen LogP contribution in [0.3, 0.4) is 0 Å². The van der Waals surface area contributed by atoms with Crippen LogP contribution in [-0.4, -0.2) is 4.92 Å². The molecule has 2 aromatic carbocycles. The number of nitro benzene ring substituents is 1. The number of benzene rings is 2. The van der Waals surface area contributed by atoms with E-state index in [1.54, 1.807) is 18.2 Å². The molecule has 0 atom stereocenters. The summed E-state index contributed by atoms with van der Waals surface area (Å²) in [6.07, 6.45) is 0. The Morgan fingerprint density at radius 3 is 2.42 bits per heavy atom. The van der Waals surface area contributed by atoms with Crippen LogP contribution < -0.4 is 5.32 Å². The first kappa shape index (κ1) is 13.6. The molecule has 0 amide bonds. The highest BCUT2D eigenvalue weighted by Crippen LogP contribution is 2.28. The van der Waals surface area contributed by atoms with Gasteiger partial charge in [-0.2, -0.15) is 0 Å². The quantitative estimate of drug-likeness (QED) is 0.655. The van der Waals surface area contributed by atoms with Crippen LogP contribution in [0.25, 0.3) is 0 Å². The first-order chi connectivity index (χ1) is 8.95. The number of anilines is 2. The summed E-state index contributed by atoms with van der Waals surface area (Å²) < 4.78 is 13.2. The van der Waals surface area contributed by atoms with Crippen LogP contribution in [-0.2, 0) is 0 Å². The summed E-state index contributed by atoms with van der Waals surface area (Å²) in [5.41, 5.74) is 0.474. The van der Waals surface area contributed by atoms with Gasteiger partial charge in [0.05, 0.1) is 21.0 Å². The third-order valence-electron chi connectivity index (χ3n) is 2.30. The Morgan fingerprint density at radius 2 is 1.79 bits per heavy atom. The number of halogens is 3. The molecule has 0 aliphatic heterocycles. The average Bonchev–Trinajstić information content (AvgIpc) is 2.33. The smallest absolute Gasteiger partial charge is 0.274 e. The summed E-state index contributed by atoms with van der Waals surface area (Å²) in [6.45, 7) is 0. The second kappa shape index (κ2) is 5.42. The van der Waals surface area contributed by atoms with Crippen LogP contribution in [0, 0.1) is 15.9 Å². The Morgan fingerprint density at radius 1 is 1.05 bits per heavy atom. The van der Waals surface area contributed by atoms with Crippen molar-refractivity contribution >= 4 is 40.3 Å². The molecule has 98 valence electrons. The lowest BCUT2D eigenvalue weighted by atomic mass is 10.2. The highest BCUT2D eigenvalue weighted by Gasteiger charge is 2.10. The van der Waals surface area contributed by atoms with Crippen molar-refractivity contribution in [3.8, 4) is 0 Å². The average molecular weight is 301 g/mol. The molecular formula is C12H7Cl2FN2O2. The predicted molar refractivity (Wildman–Crippen MR) is 72.8 cm³/mol. The zero-order valence-electron chi connectivity index (χ0n) is 9.36. The predicted octanol–water partition coefficient (Wildman–Crippen LogP) is 4.78. The van der Waals surface area contributed by atoms with E-state index in [1.165, 1.54) is 6.07 Å². The van der Waals surface area contributed by atoms with E-state index in [4.69, 9.17) is 23.2 Å². The molecule has 2 rings (SSSR count). The monoisotopic (exact) mass is 300 g/mol. The molecule has 0 bridgehead atoms. The van der Waals surface area contributed by atoms with Crippen LogP contribution in [0.2, 0.25) is 10.0 Å². The van der Waals surface area contributed by atoms with Gasteiger partial charge in [-0.15, -0.1) is 0 Å². The fourth-order valence-corrected chi connectivity index (χ4v) is 1.79. The minimum Gasteiger partial charge on any atom is -0.355 e. The lowest BCUT2D eigenvalue weighted by molar-refractivity contribution is -0.385. The third kappa shape index (κ3) is 3.33. The van der Waals surface area contributed by atoms with Gasteiger partial charge in [0, 0.05) is 17.4 Å². The van der Waals surface area contributed by atoms with Crippen molar-refractivity contribution in [3.05, 3.63) is 62.4 Å². The number of nitro groups is 1. The minimum absolute atomic E-state index is 0.255. The van der Waals surface area contributed by atoms with Crippen molar-refractivity contribution in [1.29, 1.82) is 0 Å². The van der Waals surface area contributed by atoms with Crippen molar-refractivity contribution in [2.24, 2.45) is 0 Å². The number of hydrogen-bond acceptors (Lipinski definition) is 3. The maximum atomic E-state index is 13.2. The van der Waals surface area contributed by atoms with Crippen LogP contribution >= 0.6 is 23.2 Å². The lowest BCUT2D eigenvalue weighted by Gasteiger charge is -2.07. The van der Waals surface area contributed by atoms with Gasteiger partial charge in [0.2, 0.25) is 0 Å². The molecule has 0 aliphatic rings. The summed E-state index contributed by atoms with van der Waals surface area (Å²) in [7, 11) is 0. The van der Waals surface area contributed by atoms with Crippen LogP contribution in [0.15, 0.2) is 36.4 Å². The van der Waals surface area contributed by atoms with E-state index in [-0.39, 0.29) is 11.4 Å². The molecule has 0 saturated heterocycles. The molecule has 0 spiro atoms. The maximum Gasteiger partial charge on any atom is 0.274 e. The second-order valence-electron chi connectivity index (χ2n) is 3.71. The van der Waals surface area contributed by atoms with Crippen molar-refractivity contribution in [3.63, 3.8) is 0 Å². The van der Waals surface area contributed by atoms with Gasteiger partial charge < -0.3 is 5.32 Å². The van der Waals surface area contributed by atoms with Crippen LogP contribution in [0.4, 0.5) is 21.5 Å². The summed E-state index contributed by atoms with van der Waals surface area (Å²) >= 11 is 11.6. The Kier molecular flexibility index (Phi) is 3.87. The molecule has 2 aromatic rings. The van der Waals surface area contributed by atoms with E-state index < -0.39 is 10.7 Å². The van der Waals surface area contributed by atoms with E-state index in [1.807, 2.05) is 0 Å². The largest absolute Gasteiger partial charge is 0.355 e. The van der Waals surface area contributed by atoms with Gasteiger partial charge in [-0.1, -0.05) is 23.2 Å². The summed E-state index contributed by atoms with van der Waals surface area (Å²) in [5.74, 6) is -0.697. The molecule has 1 N–H and O–H groups in total. The van der Waals surface area contributed by atoms with Crippen LogP contribution in [0.1, 0.15) is 0 Å². The van der Waals surface area contributed by atoms with Gasteiger partial charge in [-0.05, 0) is 24.3 Å². The van der Waals surface area contributed by atoms with Gasteiger partial charge in [-0.3, -0.25) is 10.1 Å². The number of rotatable bonds is 3. The van der Waals surface area contributed by atoms with E-state index in [0.717, 1.165) is 12.1 Å². The van der Waals surface area contributed by atoms with Gasteiger partial charge >= 0.3 is 0 Å². The van der Waals surface area contributed by atoms with Crippen molar-refractivity contribution in [2.75, 3.05) is 5.32 Å². The minimum atomic E-state index is -0.697. The first-order valence-corrected chi connectivity index (χ1v) is 5.88. The third-order valence-corrected chi connectivity index (χ3v) is 3.04. The van der Waals surface area contributed by atoms with Crippen molar-refractivity contribution in [2.45, 2.75) is 0 Å². The SMILES string of the molecule is O=[N+]([O-])c1cc(F)cc(Nc2ccc(Cl)c(Cl)c2)c1. The van der Waals surface area contributed by atoms with Crippen LogP contribution in [0.5, 0.6) is 0 Å². The topological polar surface area (TPSA) is 55.2 Å². The molecule has 0 fully saturated rings. The molecule has 0 aliphatic carbocycles. The molecule has 0 unspecified atom stereocenters. The molecule has 0 saturated carbocycles. The number of non-ortho nitro benzene ring substituents is 1. The molecule has 0 radical (unpaired) electrons. The zero-order chi connectivity index (χ0) is 14.0. The fraction of sp³-hybridized carbons (Fsp3) is 0. The van der Waals surface area contributed by atoms with Crippen molar-refractivity contribution < 1.29 is 9.31 Å². The van der Waals surface area contributed by atoms with Crippen molar-refractivity contribution in [1.82, 2.24) is 0 Å². The Bertz CT molecular complexity index is 650. The highest BCUT2D eigenvalue weighted by molar-refractivity contribution is 6.42. The second-order valence-corrected chi connectivity index (χ2v) is 4.52. The van der Waals surface area contributed by atoms with E-state index >= 15 is 0 Å². The number of nitrogens with zero attached hydrogens (tertiary/aromatic N) is 1. The summed E-state index contributed by atoms with van der Waals surface area (Å²) in [4.78, 5) is 9.97. The summed E-state index contributed by atoms with van der Waals surface area (Å²) in [5, 5.41) is 14.2. The van der Waals surface area contributed by atoms with Gasteiger partial charge in [0.15, 0.2) is 0 Å². The van der Waals surface area contributed by atoms with E-state index in [2.05, 4.69) is 5.32 Å². The normalized spacial score (nSPS) is 10.3. The van der Waals surface area contributed by atoms with Gasteiger partial charge in [0.1, 0.15) is 5.82 Å². The lowest BCUT2D eigenvalue weighted by Crippen LogP contribution is -1.94. The zero-order valence-corrected chi connectivity index (χ0v) is 10.9. The van der Waals surface area contributed by atoms with E-state index in [0.29, 0.717) is 15.7 Å². The molecule has 19 heavy (non-hydrogen) atoms. The first-order valence-electron chi connectivity index (χ1n) is 5.13. The Balaban J connectivity index is 2.32. The number of hydrogen-bond donors (Lipinski definition) is 1. The molecule has 0 heterocycles. The summed E-state index contributed by atoms with van der Waals surface area (Å²) in [6, 6.07) is 7.96. The highest BCUT2D eigenvalue weighted by atomic mass is 35.5. The molecule has 0 aromatic heterocycles. The molecular weight excluding hydrogens is 294 g/mol. The molecule has 4 nitrogen and oxygen atoms in total. The Labute approximate surface area is 117 Å². The van der Waals surface area contributed by atoms with E-state index in [9.17, 15) is 14.5 Å². The maximum absolute atomic E-state index is 13.2.